The fourth-order valence-electron chi connectivity index (χ4n) is 2.57. The summed E-state index contributed by atoms with van der Waals surface area (Å²) in [5.74, 6) is -0.289. The van der Waals surface area contributed by atoms with Gasteiger partial charge < -0.3 is 15.7 Å². The third-order valence-corrected chi connectivity index (χ3v) is 5.51. The van der Waals surface area contributed by atoms with Gasteiger partial charge in [-0.25, -0.2) is 13.1 Å². The number of carbonyl (C=O) groups is 1. The van der Waals surface area contributed by atoms with Crippen LogP contribution in [-0.4, -0.2) is 43.7 Å². The van der Waals surface area contributed by atoms with Gasteiger partial charge in [-0.2, -0.15) is 0 Å². The molecule has 1 saturated heterocycles. The molecular weight excluding hydrogens is 330 g/mol. The summed E-state index contributed by atoms with van der Waals surface area (Å²) < 4.78 is 27.7. The predicted molar refractivity (Wildman–Crippen MR) is 92.3 cm³/mol. The van der Waals surface area contributed by atoms with E-state index in [-0.39, 0.29) is 10.8 Å². The van der Waals surface area contributed by atoms with Crippen molar-refractivity contribution in [1.29, 1.82) is 0 Å². The number of hydrogen-bond donors (Lipinski definition) is 4. The third kappa shape index (κ3) is 4.76. The fourth-order valence-corrected chi connectivity index (χ4v) is 4.26. The fraction of sp³-hybridized carbons (Fsp3) is 0.562. The van der Waals surface area contributed by atoms with Crippen molar-refractivity contribution in [3.8, 4) is 0 Å². The van der Waals surface area contributed by atoms with Gasteiger partial charge in [-0.1, -0.05) is 6.07 Å². The minimum absolute atomic E-state index is 0.134. The molecule has 0 bridgehead atoms. The van der Waals surface area contributed by atoms with Gasteiger partial charge >= 0.3 is 0 Å². The molecule has 0 aliphatic carbocycles. The van der Waals surface area contributed by atoms with E-state index in [4.69, 9.17) is 0 Å². The topological polar surface area (TPSA) is 108 Å². The van der Waals surface area contributed by atoms with E-state index in [0.29, 0.717) is 24.2 Å². The smallest absolute Gasteiger partial charge is 0.241 e. The van der Waals surface area contributed by atoms with Crippen LogP contribution in [0.5, 0.6) is 0 Å². The van der Waals surface area contributed by atoms with Gasteiger partial charge in [0.2, 0.25) is 15.9 Å². The molecule has 0 saturated carbocycles. The normalized spacial score (nSPS) is 21.7. The van der Waals surface area contributed by atoms with Crippen molar-refractivity contribution in [1.82, 2.24) is 10.0 Å². The van der Waals surface area contributed by atoms with Crippen LogP contribution in [-0.2, 0) is 14.8 Å². The van der Waals surface area contributed by atoms with Gasteiger partial charge in [0.1, 0.15) is 0 Å². The molecule has 4 N–H and O–H groups in total. The van der Waals surface area contributed by atoms with Crippen molar-refractivity contribution in [2.24, 2.45) is 0 Å². The maximum Gasteiger partial charge on any atom is 0.241 e. The summed E-state index contributed by atoms with van der Waals surface area (Å²) in [7, 11) is -3.69. The summed E-state index contributed by atoms with van der Waals surface area (Å²) in [5, 5.41) is 15.1. The Balaban J connectivity index is 2.21. The number of anilines is 1. The van der Waals surface area contributed by atoms with Crippen molar-refractivity contribution in [3.63, 3.8) is 0 Å². The second-order valence-corrected chi connectivity index (χ2v) is 8.83. The molecule has 1 aromatic rings. The highest BCUT2D eigenvalue weighted by atomic mass is 32.2. The molecule has 1 heterocycles. The van der Waals surface area contributed by atoms with Crippen LogP contribution in [0.2, 0.25) is 0 Å². The van der Waals surface area contributed by atoms with E-state index >= 15 is 0 Å². The number of nitrogens with one attached hydrogen (secondary N) is 3. The zero-order chi connectivity index (χ0) is 18.1. The van der Waals surface area contributed by atoms with E-state index in [0.717, 1.165) is 0 Å². The predicted octanol–water partition coefficient (Wildman–Crippen LogP) is 0.733. The third-order valence-electron chi connectivity index (χ3n) is 3.61. The standard InChI is InChI=1S/C16H25N3O4S/c1-10-5-6-11(18-15(21)13-8-12(20)9-17-13)7-14(10)24(22,23)19-16(2,3)4/h5-7,12-13,17,19-20H,8-9H2,1-4H3,(H,18,21). The average molecular weight is 355 g/mol. The Morgan fingerprint density at radius 3 is 2.54 bits per heavy atom. The summed E-state index contributed by atoms with van der Waals surface area (Å²) >= 11 is 0. The zero-order valence-electron chi connectivity index (χ0n) is 14.4. The number of β-amino-alcohol motifs (C(OH)–C–C–N with tert-alkyl or cyclic N) is 1. The first-order chi connectivity index (χ1) is 11.0. The van der Waals surface area contributed by atoms with Crippen LogP contribution in [0.1, 0.15) is 32.8 Å². The Morgan fingerprint density at radius 1 is 1.33 bits per heavy atom. The average Bonchev–Trinajstić information content (AvgIpc) is 2.85. The van der Waals surface area contributed by atoms with Gasteiger partial charge in [0.05, 0.1) is 17.0 Å². The molecule has 1 aliphatic rings. The monoisotopic (exact) mass is 355 g/mol. The molecule has 2 unspecified atom stereocenters. The highest BCUT2D eigenvalue weighted by molar-refractivity contribution is 7.89. The van der Waals surface area contributed by atoms with Gasteiger partial charge in [-0.15, -0.1) is 0 Å². The molecule has 0 spiro atoms. The summed E-state index contributed by atoms with van der Waals surface area (Å²) in [6, 6.07) is 4.29. The molecule has 7 nitrogen and oxygen atoms in total. The van der Waals surface area contributed by atoms with Crippen molar-refractivity contribution >= 4 is 21.6 Å². The molecule has 24 heavy (non-hydrogen) atoms. The van der Waals surface area contributed by atoms with Crippen molar-refractivity contribution in [2.75, 3.05) is 11.9 Å². The summed E-state index contributed by atoms with van der Waals surface area (Å²) in [6.45, 7) is 7.38. The van der Waals surface area contributed by atoms with E-state index in [1.165, 1.54) is 6.07 Å². The van der Waals surface area contributed by atoms with Crippen LogP contribution in [0, 0.1) is 6.92 Å². The van der Waals surface area contributed by atoms with Crippen LogP contribution in [0.4, 0.5) is 5.69 Å². The number of amides is 1. The molecule has 2 rings (SSSR count). The lowest BCUT2D eigenvalue weighted by Gasteiger charge is -2.21. The Hall–Kier alpha value is -1.48. The minimum Gasteiger partial charge on any atom is -0.392 e. The molecule has 0 radical (unpaired) electrons. The van der Waals surface area contributed by atoms with E-state index < -0.39 is 27.7 Å². The first-order valence-electron chi connectivity index (χ1n) is 7.85. The first-order valence-corrected chi connectivity index (χ1v) is 9.33. The van der Waals surface area contributed by atoms with Gasteiger partial charge in [0.15, 0.2) is 0 Å². The van der Waals surface area contributed by atoms with Crippen LogP contribution in [0.3, 0.4) is 0 Å². The van der Waals surface area contributed by atoms with Gasteiger partial charge in [0, 0.05) is 17.8 Å². The number of benzene rings is 1. The van der Waals surface area contributed by atoms with Gasteiger partial charge in [0.25, 0.3) is 0 Å². The van der Waals surface area contributed by atoms with Crippen LogP contribution < -0.4 is 15.4 Å². The minimum atomic E-state index is -3.69. The first kappa shape index (κ1) is 18.9. The summed E-state index contributed by atoms with van der Waals surface area (Å²) in [5.41, 5.74) is 0.399. The number of rotatable bonds is 4. The number of carbonyl (C=O) groups excluding carboxylic acids is 1. The molecule has 1 fully saturated rings. The second kappa shape index (κ2) is 6.79. The SMILES string of the molecule is Cc1ccc(NC(=O)C2CC(O)CN2)cc1S(=O)(=O)NC(C)(C)C. The largest absolute Gasteiger partial charge is 0.392 e. The van der Waals surface area contributed by atoms with Crippen LogP contribution in [0.25, 0.3) is 0 Å². The molecule has 1 amide bonds. The van der Waals surface area contributed by atoms with Gasteiger partial charge in [-0.05, 0) is 51.8 Å². The van der Waals surface area contributed by atoms with Crippen molar-refractivity contribution in [2.45, 2.75) is 56.7 Å². The molecule has 1 aliphatic heterocycles. The quantitative estimate of drug-likeness (QED) is 0.637. The molecule has 1 aromatic carbocycles. The number of hydrogen-bond acceptors (Lipinski definition) is 5. The number of aliphatic hydroxyl groups excluding tert-OH is 1. The van der Waals surface area contributed by atoms with Crippen LogP contribution >= 0.6 is 0 Å². The lowest BCUT2D eigenvalue weighted by molar-refractivity contribution is -0.117. The Morgan fingerprint density at radius 2 is 2.00 bits per heavy atom. The molecule has 2 atom stereocenters. The maximum atomic E-state index is 12.5. The summed E-state index contributed by atoms with van der Waals surface area (Å²) in [4.78, 5) is 12.3. The maximum absolute atomic E-state index is 12.5. The molecular formula is C16H25N3O4S. The Bertz CT molecular complexity index is 725. The number of aliphatic hydroxyl groups is 1. The Labute approximate surface area is 142 Å². The lowest BCUT2D eigenvalue weighted by atomic mass is 10.1. The van der Waals surface area contributed by atoms with Gasteiger partial charge in [-0.3, -0.25) is 4.79 Å². The molecule has 0 aromatic heterocycles. The second-order valence-electron chi connectivity index (χ2n) is 7.18. The zero-order valence-corrected chi connectivity index (χ0v) is 15.2. The lowest BCUT2D eigenvalue weighted by Crippen LogP contribution is -2.40. The molecule has 8 heteroatoms. The van der Waals surface area contributed by atoms with E-state index in [2.05, 4.69) is 15.4 Å². The van der Waals surface area contributed by atoms with E-state index in [1.54, 1.807) is 39.8 Å². The number of sulfonamides is 1. The van der Waals surface area contributed by atoms with Crippen LogP contribution in [0.15, 0.2) is 23.1 Å². The molecule has 134 valence electrons. The number of aryl methyl sites for hydroxylation is 1. The highest BCUT2D eigenvalue weighted by Crippen LogP contribution is 2.22. The summed E-state index contributed by atoms with van der Waals surface area (Å²) in [6.07, 6.45) is -0.195. The Kier molecular flexibility index (Phi) is 5.34. The highest BCUT2D eigenvalue weighted by Gasteiger charge is 2.28. The van der Waals surface area contributed by atoms with E-state index in [1.807, 2.05) is 0 Å². The van der Waals surface area contributed by atoms with E-state index in [9.17, 15) is 18.3 Å². The van der Waals surface area contributed by atoms with Crippen molar-refractivity contribution < 1.29 is 18.3 Å². The van der Waals surface area contributed by atoms with Crippen molar-refractivity contribution in [3.05, 3.63) is 23.8 Å².